The van der Waals surface area contributed by atoms with E-state index in [1.807, 2.05) is 0 Å². The van der Waals surface area contributed by atoms with Crippen LogP contribution in [0.5, 0.6) is 0 Å². The minimum atomic E-state index is -1.01. The van der Waals surface area contributed by atoms with Gasteiger partial charge in [-0.3, -0.25) is 0 Å². The Hall–Kier alpha value is -1.62. The summed E-state index contributed by atoms with van der Waals surface area (Å²) in [5.74, 6) is -1.01. The number of carboxylic acid groups (broad SMARTS) is 1. The zero-order valence-corrected chi connectivity index (χ0v) is 11.1. The first kappa shape index (κ1) is 14.4. The van der Waals surface area contributed by atoms with Crippen molar-refractivity contribution in [2.75, 3.05) is 25.6 Å². The maximum atomic E-state index is 10.7. The summed E-state index contributed by atoms with van der Waals surface area (Å²) in [6.07, 6.45) is 2.49. The second-order valence-corrected chi connectivity index (χ2v) is 5.00. The molecule has 18 heavy (non-hydrogen) atoms. The fourth-order valence-electron chi connectivity index (χ4n) is 1.43. The fraction of sp³-hybridized carbons (Fsp3) is 0.538. The monoisotopic (exact) mass is 252 g/mol. The molecule has 0 aliphatic carbocycles. The van der Waals surface area contributed by atoms with Crippen molar-refractivity contribution < 1.29 is 14.6 Å². The van der Waals surface area contributed by atoms with Crippen LogP contribution in [0.1, 0.15) is 30.8 Å². The number of aromatic carboxylic acids is 1. The number of methoxy groups -OCH3 is 1. The Balaban J connectivity index is 2.50. The summed E-state index contributed by atoms with van der Waals surface area (Å²) in [7, 11) is 1.69. The maximum Gasteiger partial charge on any atom is 0.354 e. The summed E-state index contributed by atoms with van der Waals surface area (Å²) in [4.78, 5) is 14.5. The largest absolute Gasteiger partial charge is 0.477 e. The fourth-order valence-corrected chi connectivity index (χ4v) is 1.43. The van der Waals surface area contributed by atoms with Gasteiger partial charge in [-0.25, -0.2) is 9.78 Å². The van der Waals surface area contributed by atoms with Gasteiger partial charge >= 0.3 is 5.97 Å². The summed E-state index contributed by atoms with van der Waals surface area (Å²) >= 11 is 0. The molecule has 0 unspecified atom stereocenters. The van der Waals surface area contributed by atoms with Crippen LogP contribution in [-0.4, -0.2) is 36.3 Å². The molecule has 1 rings (SSSR count). The molecule has 2 N–H and O–H groups in total. The third kappa shape index (κ3) is 4.71. The number of hydrogen-bond donors (Lipinski definition) is 2. The highest BCUT2D eigenvalue weighted by Crippen LogP contribution is 2.21. The number of hydrogen-bond acceptors (Lipinski definition) is 4. The molecule has 1 heterocycles. The van der Waals surface area contributed by atoms with Gasteiger partial charge in [0.15, 0.2) is 0 Å². The van der Waals surface area contributed by atoms with Crippen LogP contribution in [0, 0.1) is 5.41 Å². The van der Waals surface area contributed by atoms with Gasteiger partial charge in [0, 0.05) is 20.3 Å². The third-order valence-electron chi connectivity index (χ3n) is 2.74. The van der Waals surface area contributed by atoms with Crippen molar-refractivity contribution in [3.8, 4) is 0 Å². The van der Waals surface area contributed by atoms with Crippen molar-refractivity contribution in [3.63, 3.8) is 0 Å². The average Bonchev–Trinajstić information content (AvgIpc) is 2.35. The summed E-state index contributed by atoms with van der Waals surface area (Å²) in [6.45, 7) is 5.81. The number of nitrogens with zero attached hydrogens (tertiary/aromatic N) is 1. The molecule has 100 valence electrons. The van der Waals surface area contributed by atoms with Gasteiger partial charge in [0.05, 0.1) is 11.9 Å². The van der Waals surface area contributed by atoms with Gasteiger partial charge < -0.3 is 15.2 Å². The lowest BCUT2D eigenvalue weighted by Gasteiger charge is -2.25. The van der Waals surface area contributed by atoms with Gasteiger partial charge in [-0.05, 0) is 24.0 Å². The van der Waals surface area contributed by atoms with Gasteiger partial charge in [-0.15, -0.1) is 0 Å². The number of carbonyl (C=O) groups is 1. The Morgan fingerprint density at radius 2 is 2.22 bits per heavy atom. The van der Waals surface area contributed by atoms with Crippen LogP contribution in [0.15, 0.2) is 18.3 Å². The van der Waals surface area contributed by atoms with E-state index in [1.54, 1.807) is 13.2 Å². The molecule has 1 aromatic heterocycles. The normalized spacial score (nSPS) is 11.3. The predicted octanol–water partition coefficient (Wildman–Crippen LogP) is 2.25. The number of aromatic nitrogens is 1. The van der Waals surface area contributed by atoms with E-state index in [0.717, 1.165) is 25.3 Å². The standard InChI is InChI=1S/C13H20N2O3/c1-13(2,6-7-18-3)9-15-10-4-5-11(12(16)17)14-8-10/h4-5,8,15H,6-7,9H2,1-3H3,(H,16,17). The summed E-state index contributed by atoms with van der Waals surface area (Å²) in [5, 5.41) is 12.0. The highest BCUT2D eigenvalue weighted by Gasteiger charge is 2.17. The summed E-state index contributed by atoms with van der Waals surface area (Å²) < 4.78 is 5.07. The molecule has 5 nitrogen and oxygen atoms in total. The Labute approximate surface area is 107 Å². The van der Waals surface area contributed by atoms with Gasteiger partial charge in [0.25, 0.3) is 0 Å². The molecule has 0 fully saturated rings. The van der Waals surface area contributed by atoms with E-state index in [1.165, 1.54) is 12.3 Å². The molecular formula is C13H20N2O3. The SMILES string of the molecule is COCCC(C)(C)CNc1ccc(C(=O)O)nc1. The molecule has 0 aliphatic rings. The molecule has 0 aromatic carbocycles. The lowest BCUT2D eigenvalue weighted by molar-refractivity contribution is 0.0690. The molecule has 0 amide bonds. The Morgan fingerprint density at radius 1 is 1.50 bits per heavy atom. The number of nitrogens with one attached hydrogen (secondary N) is 1. The Morgan fingerprint density at radius 3 is 2.72 bits per heavy atom. The van der Waals surface area contributed by atoms with Crippen LogP contribution >= 0.6 is 0 Å². The lowest BCUT2D eigenvalue weighted by atomic mass is 9.89. The molecule has 0 saturated heterocycles. The first-order chi connectivity index (χ1) is 8.44. The predicted molar refractivity (Wildman–Crippen MR) is 70.0 cm³/mol. The quantitative estimate of drug-likeness (QED) is 0.778. The topological polar surface area (TPSA) is 71.5 Å². The van der Waals surface area contributed by atoms with E-state index in [4.69, 9.17) is 9.84 Å². The Kier molecular flexibility index (Phi) is 5.09. The minimum absolute atomic E-state index is 0.0548. The number of carboxylic acids is 1. The van der Waals surface area contributed by atoms with E-state index < -0.39 is 5.97 Å². The minimum Gasteiger partial charge on any atom is -0.477 e. The second kappa shape index (κ2) is 6.35. The van der Waals surface area contributed by atoms with Crippen molar-refractivity contribution in [1.29, 1.82) is 0 Å². The van der Waals surface area contributed by atoms with E-state index >= 15 is 0 Å². The molecule has 0 aliphatic heterocycles. The van der Waals surface area contributed by atoms with E-state index in [-0.39, 0.29) is 11.1 Å². The maximum absolute atomic E-state index is 10.7. The average molecular weight is 252 g/mol. The van der Waals surface area contributed by atoms with Crippen LogP contribution < -0.4 is 5.32 Å². The number of ether oxygens (including phenoxy) is 1. The molecule has 0 radical (unpaired) electrons. The van der Waals surface area contributed by atoms with Crippen LogP contribution in [0.3, 0.4) is 0 Å². The zero-order valence-electron chi connectivity index (χ0n) is 11.1. The van der Waals surface area contributed by atoms with Gasteiger partial charge in [-0.1, -0.05) is 13.8 Å². The van der Waals surface area contributed by atoms with Gasteiger partial charge in [0.2, 0.25) is 0 Å². The van der Waals surface area contributed by atoms with Gasteiger partial charge in [0.1, 0.15) is 5.69 Å². The van der Waals surface area contributed by atoms with Crippen molar-refractivity contribution >= 4 is 11.7 Å². The van der Waals surface area contributed by atoms with E-state index in [9.17, 15) is 4.79 Å². The van der Waals surface area contributed by atoms with Crippen LogP contribution in [0.2, 0.25) is 0 Å². The smallest absolute Gasteiger partial charge is 0.354 e. The van der Waals surface area contributed by atoms with E-state index in [0.29, 0.717) is 0 Å². The van der Waals surface area contributed by atoms with Gasteiger partial charge in [-0.2, -0.15) is 0 Å². The van der Waals surface area contributed by atoms with E-state index in [2.05, 4.69) is 24.1 Å². The first-order valence-electron chi connectivity index (χ1n) is 5.87. The molecular weight excluding hydrogens is 232 g/mol. The third-order valence-corrected chi connectivity index (χ3v) is 2.74. The second-order valence-electron chi connectivity index (χ2n) is 5.00. The lowest BCUT2D eigenvalue weighted by Crippen LogP contribution is -2.24. The Bertz CT molecular complexity index is 388. The number of rotatable bonds is 7. The van der Waals surface area contributed by atoms with Crippen molar-refractivity contribution in [2.45, 2.75) is 20.3 Å². The molecule has 0 atom stereocenters. The zero-order chi connectivity index (χ0) is 13.6. The van der Waals surface area contributed by atoms with Crippen LogP contribution in [-0.2, 0) is 4.74 Å². The summed E-state index contributed by atoms with van der Waals surface area (Å²) in [5.41, 5.74) is 0.992. The molecule has 1 aromatic rings. The molecule has 0 bridgehead atoms. The highest BCUT2D eigenvalue weighted by atomic mass is 16.5. The van der Waals surface area contributed by atoms with Crippen molar-refractivity contribution in [2.24, 2.45) is 5.41 Å². The summed E-state index contributed by atoms with van der Waals surface area (Å²) in [6, 6.07) is 3.22. The van der Waals surface area contributed by atoms with Crippen molar-refractivity contribution in [3.05, 3.63) is 24.0 Å². The number of anilines is 1. The molecule has 5 heteroatoms. The molecule has 0 saturated carbocycles. The molecule has 0 spiro atoms. The van der Waals surface area contributed by atoms with Crippen molar-refractivity contribution in [1.82, 2.24) is 4.98 Å². The van der Waals surface area contributed by atoms with Crippen LogP contribution in [0.4, 0.5) is 5.69 Å². The van der Waals surface area contributed by atoms with Crippen LogP contribution in [0.25, 0.3) is 0 Å². The number of pyridine rings is 1. The highest BCUT2D eigenvalue weighted by molar-refractivity contribution is 5.85. The first-order valence-corrected chi connectivity index (χ1v) is 5.87.